The first-order valence-electron chi connectivity index (χ1n) is 9.72. The Kier molecular flexibility index (Phi) is 13.5. The molecular weight excluding hydrogens is 515 g/mol. The summed E-state index contributed by atoms with van der Waals surface area (Å²) in [6, 6.07) is 10.5. The summed E-state index contributed by atoms with van der Waals surface area (Å²) >= 11 is 3.50. The number of hydrogen-bond donors (Lipinski definition) is 2. The highest BCUT2D eigenvalue weighted by Gasteiger charge is 2.12. The number of aryl methyl sites for hydroxylation is 1. The monoisotopic (exact) mass is 548 g/mol. The summed E-state index contributed by atoms with van der Waals surface area (Å²) in [7, 11) is 1.81. The minimum absolute atomic E-state index is 0. The molecule has 0 atom stereocenters. The van der Waals surface area contributed by atoms with Crippen LogP contribution in [0.4, 0.5) is 0 Å². The van der Waals surface area contributed by atoms with Crippen LogP contribution in [0.15, 0.2) is 45.4 Å². The molecule has 0 unspecified atom stereocenters. The van der Waals surface area contributed by atoms with Gasteiger partial charge in [-0.2, -0.15) is 0 Å². The summed E-state index contributed by atoms with van der Waals surface area (Å²) in [6.07, 6.45) is 3.95. The van der Waals surface area contributed by atoms with Gasteiger partial charge in [-0.3, -0.25) is 4.99 Å². The molecule has 1 aromatic heterocycles. The molecule has 0 radical (unpaired) electrons. The van der Waals surface area contributed by atoms with Crippen molar-refractivity contribution in [3.63, 3.8) is 0 Å². The fourth-order valence-electron chi connectivity index (χ4n) is 2.73. The van der Waals surface area contributed by atoms with Crippen LogP contribution in [-0.2, 0) is 13.0 Å². The zero-order valence-corrected chi connectivity index (χ0v) is 21.7. The molecule has 6 nitrogen and oxygen atoms in total. The first kappa shape index (κ1) is 26.1. The average Bonchev–Trinajstić information content (AvgIpc) is 3.08. The molecule has 2 aromatic rings. The summed E-state index contributed by atoms with van der Waals surface area (Å²) in [5.74, 6) is 3.50. The molecule has 0 spiro atoms. The maximum absolute atomic E-state index is 4.38. The van der Waals surface area contributed by atoms with Crippen molar-refractivity contribution in [1.82, 2.24) is 25.4 Å². The van der Waals surface area contributed by atoms with Crippen LogP contribution in [0.25, 0.3) is 0 Å². The first-order chi connectivity index (χ1) is 13.6. The lowest BCUT2D eigenvalue weighted by Gasteiger charge is -2.13. The molecule has 0 saturated heterocycles. The molecule has 0 bridgehead atoms. The third-order valence-electron chi connectivity index (χ3n) is 4.02. The van der Waals surface area contributed by atoms with Gasteiger partial charge < -0.3 is 15.2 Å². The molecule has 9 heteroatoms. The Balaban J connectivity index is 0.00000420. The zero-order valence-electron chi connectivity index (χ0n) is 17.7. The van der Waals surface area contributed by atoms with E-state index in [4.69, 9.17) is 0 Å². The van der Waals surface area contributed by atoms with E-state index in [-0.39, 0.29) is 24.0 Å². The van der Waals surface area contributed by atoms with Gasteiger partial charge in [0.25, 0.3) is 0 Å². The van der Waals surface area contributed by atoms with Gasteiger partial charge in [0.15, 0.2) is 11.1 Å². The smallest absolute Gasteiger partial charge is 0.191 e. The summed E-state index contributed by atoms with van der Waals surface area (Å²) in [5.41, 5.74) is 0. The van der Waals surface area contributed by atoms with E-state index in [9.17, 15) is 0 Å². The number of guanidine groups is 1. The summed E-state index contributed by atoms with van der Waals surface area (Å²) in [6.45, 7) is 7.14. The molecule has 1 aromatic carbocycles. The minimum atomic E-state index is 0. The van der Waals surface area contributed by atoms with Gasteiger partial charge in [0.05, 0.1) is 0 Å². The maximum Gasteiger partial charge on any atom is 0.191 e. The highest BCUT2D eigenvalue weighted by Crippen LogP contribution is 2.17. The van der Waals surface area contributed by atoms with Crippen molar-refractivity contribution in [2.24, 2.45) is 10.9 Å². The van der Waals surface area contributed by atoms with Gasteiger partial charge in [-0.1, -0.05) is 43.8 Å². The molecule has 1 heterocycles. The van der Waals surface area contributed by atoms with Crippen molar-refractivity contribution in [1.29, 1.82) is 0 Å². The van der Waals surface area contributed by atoms with Gasteiger partial charge >= 0.3 is 0 Å². The average molecular weight is 549 g/mol. The van der Waals surface area contributed by atoms with E-state index < -0.39 is 0 Å². The maximum atomic E-state index is 4.38. The number of benzene rings is 1. The second kappa shape index (κ2) is 15.0. The number of rotatable bonds is 11. The molecule has 2 rings (SSSR count). The Hall–Kier alpha value is -0.940. The van der Waals surface area contributed by atoms with Crippen LogP contribution < -0.4 is 10.6 Å². The van der Waals surface area contributed by atoms with Crippen molar-refractivity contribution in [3.8, 4) is 0 Å². The number of halogens is 1. The number of hydrogen-bond acceptors (Lipinski definition) is 5. The van der Waals surface area contributed by atoms with E-state index >= 15 is 0 Å². The van der Waals surface area contributed by atoms with Gasteiger partial charge in [-0.25, -0.2) is 0 Å². The molecule has 0 aliphatic heterocycles. The number of thioether (sulfide) groups is 2. The molecule has 0 amide bonds. The van der Waals surface area contributed by atoms with Crippen molar-refractivity contribution >= 4 is 53.5 Å². The summed E-state index contributed by atoms with van der Waals surface area (Å²) in [5, 5.41) is 16.5. The van der Waals surface area contributed by atoms with E-state index in [2.05, 4.69) is 74.8 Å². The Labute approximate surface area is 200 Å². The van der Waals surface area contributed by atoms with Crippen LogP contribution in [0.2, 0.25) is 0 Å². The SMILES string of the molecule is CN=C(NCCCc1nnc(SC)n1CC(C)C)NCCSc1ccccc1.I. The minimum Gasteiger partial charge on any atom is -0.356 e. The van der Waals surface area contributed by atoms with E-state index in [1.165, 1.54) is 4.90 Å². The van der Waals surface area contributed by atoms with Gasteiger partial charge in [0.1, 0.15) is 5.82 Å². The third-order valence-corrected chi connectivity index (χ3v) is 5.70. The van der Waals surface area contributed by atoms with Crippen molar-refractivity contribution in [3.05, 3.63) is 36.2 Å². The highest BCUT2D eigenvalue weighted by atomic mass is 127. The first-order valence-corrected chi connectivity index (χ1v) is 11.9. The summed E-state index contributed by atoms with van der Waals surface area (Å²) in [4.78, 5) is 5.59. The van der Waals surface area contributed by atoms with Crippen molar-refractivity contribution in [2.45, 2.75) is 43.3 Å². The van der Waals surface area contributed by atoms with Gasteiger partial charge in [-0.15, -0.1) is 45.9 Å². The van der Waals surface area contributed by atoms with Crippen molar-refractivity contribution < 1.29 is 0 Å². The van der Waals surface area contributed by atoms with Gasteiger partial charge in [0.2, 0.25) is 0 Å². The van der Waals surface area contributed by atoms with Crippen molar-refractivity contribution in [2.75, 3.05) is 32.1 Å². The molecule has 29 heavy (non-hydrogen) atoms. The molecule has 0 aliphatic rings. The Morgan fingerprint density at radius 3 is 2.52 bits per heavy atom. The number of nitrogens with zero attached hydrogens (tertiary/aromatic N) is 4. The lowest BCUT2D eigenvalue weighted by Crippen LogP contribution is -2.39. The fraction of sp³-hybridized carbons (Fsp3) is 0.550. The number of aliphatic imine (C=N–C) groups is 1. The van der Waals surface area contributed by atoms with Crippen LogP contribution in [-0.4, -0.2) is 52.9 Å². The Morgan fingerprint density at radius 1 is 1.14 bits per heavy atom. The molecule has 0 saturated carbocycles. The van der Waals surface area contributed by atoms with Crippen LogP contribution in [0, 0.1) is 5.92 Å². The van der Waals surface area contributed by atoms with E-state index in [1.54, 1.807) is 11.8 Å². The lowest BCUT2D eigenvalue weighted by atomic mass is 10.2. The number of aromatic nitrogens is 3. The van der Waals surface area contributed by atoms with Crippen LogP contribution in [0.5, 0.6) is 0 Å². The third kappa shape index (κ3) is 9.61. The van der Waals surface area contributed by atoms with Crippen LogP contribution in [0.1, 0.15) is 26.1 Å². The molecule has 0 aliphatic carbocycles. The highest BCUT2D eigenvalue weighted by molar-refractivity contribution is 14.0. The fourth-order valence-corrected chi connectivity index (χ4v) is 4.04. The second-order valence-electron chi connectivity index (χ2n) is 6.80. The van der Waals surface area contributed by atoms with E-state index in [0.717, 1.165) is 55.2 Å². The predicted octanol–water partition coefficient (Wildman–Crippen LogP) is 4.16. The van der Waals surface area contributed by atoms with Gasteiger partial charge in [-0.05, 0) is 30.7 Å². The van der Waals surface area contributed by atoms with Crippen LogP contribution >= 0.6 is 47.5 Å². The van der Waals surface area contributed by atoms with Crippen LogP contribution in [0.3, 0.4) is 0 Å². The second-order valence-corrected chi connectivity index (χ2v) is 8.74. The standard InChI is InChI=1S/C20H32N6S2.HI/c1-16(2)15-26-18(24-25-20(26)27-4)11-8-12-22-19(21-3)23-13-14-28-17-9-6-5-7-10-17;/h5-7,9-10,16H,8,11-15H2,1-4H3,(H2,21,22,23);1H. The van der Waals surface area contributed by atoms with Gasteiger partial charge in [0, 0.05) is 43.8 Å². The Bertz CT molecular complexity index is 721. The largest absolute Gasteiger partial charge is 0.356 e. The quantitative estimate of drug-likeness (QED) is 0.145. The predicted molar refractivity (Wildman–Crippen MR) is 137 cm³/mol. The normalized spacial score (nSPS) is 11.4. The lowest BCUT2D eigenvalue weighted by molar-refractivity contribution is 0.477. The molecular formula is C20H33IN6S2. The Morgan fingerprint density at radius 2 is 1.86 bits per heavy atom. The topological polar surface area (TPSA) is 67.1 Å². The molecule has 162 valence electrons. The zero-order chi connectivity index (χ0) is 20.2. The van der Waals surface area contributed by atoms with E-state index in [0.29, 0.717) is 5.92 Å². The number of nitrogens with one attached hydrogen (secondary N) is 2. The van der Waals surface area contributed by atoms with E-state index in [1.807, 2.05) is 24.9 Å². The molecule has 0 fully saturated rings. The summed E-state index contributed by atoms with van der Waals surface area (Å²) < 4.78 is 2.25. The molecule has 2 N–H and O–H groups in total.